The number of hydrogen-bond acceptors (Lipinski definition) is 10. The molecule has 0 atom stereocenters. The number of nitrogens with zero attached hydrogens (tertiary/aromatic N) is 2. The Hall–Kier alpha value is -4.43. The molecule has 258 valence electrons. The predicted molar refractivity (Wildman–Crippen MR) is 175 cm³/mol. The van der Waals surface area contributed by atoms with Crippen molar-refractivity contribution in [3.8, 4) is 0 Å². The monoisotopic (exact) mass is 665 g/mol. The number of fused-ring (bicyclic) bond motifs is 2. The van der Waals surface area contributed by atoms with Gasteiger partial charge in [-0.15, -0.1) is 0 Å². The van der Waals surface area contributed by atoms with Gasteiger partial charge in [0.15, 0.2) is 5.78 Å². The van der Waals surface area contributed by atoms with Crippen molar-refractivity contribution in [2.24, 2.45) is 0 Å². The van der Waals surface area contributed by atoms with Gasteiger partial charge < -0.3 is 34.0 Å². The quantitative estimate of drug-likeness (QED) is 0.222. The first kappa shape index (κ1) is 36.4. The maximum atomic E-state index is 13.3. The predicted octanol–water partition coefficient (Wildman–Crippen LogP) is 2.71. The summed E-state index contributed by atoms with van der Waals surface area (Å²) in [5.74, 6) is -1.49. The highest BCUT2D eigenvalue weighted by atomic mass is 16.7. The fraction of sp³-hybridized carbons (Fsp3) is 0.457. The van der Waals surface area contributed by atoms with Crippen LogP contribution >= 0.6 is 0 Å². The third kappa shape index (κ3) is 12.3. The Kier molecular flexibility index (Phi) is 15.2. The third-order valence-electron chi connectivity index (χ3n) is 7.48. The summed E-state index contributed by atoms with van der Waals surface area (Å²) in [5, 5.41) is 3.60. The number of ether oxygens (including phenoxy) is 4. The van der Waals surface area contributed by atoms with E-state index in [2.05, 4.69) is 11.4 Å². The van der Waals surface area contributed by atoms with E-state index in [0.29, 0.717) is 52.7 Å². The number of nitrogens with one attached hydrogen (secondary N) is 1. The number of rotatable bonds is 19. The van der Waals surface area contributed by atoms with Gasteiger partial charge in [-0.05, 0) is 22.8 Å². The second-order valence-corrected chi connectivity index (χ2v) is 11.1. The van der Waals surface area contributed by atoms with Gasteiger partial charge >= 0.3 is 5.97 Å². The molecule has 3 amide bonds. The summed E-state index contributed by atoms with van der Waals surface area (Å²) in [6.45, 7) is 3.02. The molecule has 1 saturated heterocycles. The number of hydroxylamine groups is 2. The highest BCUT2D eigenvalue weighted by molar-refractivity contribution is 5.98. The van der Waals surface area contributed by atoms with Gasteiger partial charge in [0.2, 0.25) is 11.8 Å². The second kappa shape index (κ2) is 20.1. The minimum atomic E-state index is -0.640. The summed E-state index contributed by atoms with van der Waals surface area (Å²) in [6.07, 6.45) is 4.43. The molecule has 0 aromatic heterocycles. The van der Waals surface area contributed by atoms with Crippen LogP contribution in [-0.4, -0.2) is 100 Å². The summed E-state index contributed by atoms with van der Waals surface area (Å²) in [5.41, 5.74) is 3.89. The molecule has 0 spiro atoms. The molecule has 2 aliphatic heterocycles. The van der Waals surface area contributed by atoms with Crippen molar-refractivity contribution in [2.45, 2.75) is 38.6 Å². The molecule has 0 radical (unpaired) electrons. The van der Waals surface area contributed by atoms with Gasteiger partial charge in [0.05, 0.1) is 71.5 Å². The fourth-order valence-corrected chi connectivity index (χ4v) is 4.95. The highest BCUT2D eigenvalue weighted by Crippen LogP contribution is 2.29. The number of carbonyl (C=O) groups is 5. The molecule has 1 N–H and O–H groups in total. The Morgan fingerprint density at radius 1 is 0.667 bits per heavy atom. The van der Waals surface area contributed by atoms with Crippen LogP contribution in [0.3, 0.4) is 0 Å². The molecule has 0 unspecified atom stereocenters. The zero-order valence-electron chi connectivity index (χ0n) is 27.1. The van der Waals surface area contributed by atoms with E-state index in [1.807, 2.05) is 54.6 Å². The molecule has 0 saturated carbocycles. The Balaban J connectivity index is 0.965. The van der Waals surface area contributed by atoms with E-state index in [-0.39, 0.29) is 75.4 Å². The van der Waals surface area contributed by atoms with Gasteiger partial charge in [-0.2, -0.15) is 5.06 Å². The van der Waals surface area contributed by atoms with Gasteiger partial charge in [-0.25, -0.2) is 4.79 Å². The molecular formula is C35H43N3O10. The van der Waals surface area contributed by atoms with Crippen molar-refractivity contribution >= 4 is 47.3 Å². The van der Waals surface area contributed by atoms with Gasteiger partial charge in [0, 0.05) is 32.2 Å². The second-order valence-electron chi connectivity index (χ2n) is 11.1. The number of carbonyl (C=O) groups excluding carboxylic acids is 5. The molecule has 4 rings (SSSR count). The highest BCUT2D eigenvalue weighted by Gasteiger charge is 2.27. The topological polar surface area (TPSA) is 150 Å². The number of anilines is 1. The Morgan fingerprint density at radius 2 is 1.29 bits per heavy atom. The van der Waals surface area contributed by atoms with Crippen molar-refractivity contribution in [3.05, 3.63) is 65.2 Å². The van der Waals surface area contributed by atoms with Crippen LogP contribution in [0, 0.1) is 0 Å². The van der Waals surface area contributed by atoms with Crippen molar-refractivity contribution in [1.82, 2.24) is 10.4 Å². The van der Waals surface area contributed by atoms with Crippen LogP contribution in [-0.2, 0) is 54.3 Å². The zero-order valence-corrected chi connectivity index (χ0v) is 27.1. The van der Waals surface area contributed by atoms with Crippen LogP contribution in [0.15, 0.2) is 48.5 Å². The van der Waals surface area contributed by atoms with Crippen LogP contribution in [0.4, 0.5) is 5.69 Å². The Labute approximate surface area is 280 Å². The third-order valence-corrected chi connectivity index (χ3v) is 7.48. The first-order chi connectivity index (χ1) is 23.4. The van der Waals surface area contributed by atoms with Gasteiger partial charge in [-0.3, -0.25) is 19.2 Å². The molecule has 0 bridgehead atoms. The van der Waals surface area contributed by atoms with E-state index in [0.717, 1.165) is 27.4 Å². The lowest BCUT2D eigenvalue weighted by atomic mass is 10.0. The number of hydrogen-bond donors (Lipinski definition) is 1. The van der Waals surface area contributed by atoms with Crippen LogP contribution in [0.25, 0.3) is 12.2 Å². The lowest BCUT2D eigenvalue weighted by Crippen LogP contribution is -2.41. The van der Waals surface area contributed by atoms with Gasteiger partial charge in [0.25, 0.3) is 5.91 Å². The van der Waals surface area contributed by atoms with E-state index in [4.69, 9.17) is 23.8 Å². The molecular weight excluding hydrogens is 622 g/mol. The lowest BCUT2D eigenvalue weighted by Gasteiger charge is -2.27. The van der Waals surface area contributed by atoms with E-state index in [1.54, 1.807) is 4.90 Å². The van der Waals surface area contributed by atoms with Crippen molar-refractivity contribution in [3.63, 3.8) is 0 Å². The number of Topliss-reactive ketones (excluding diaryl/α,β-unsaturated/α-hetero) is 1. The van der Waals surface area contributed by atoms with E-state index in [1.165, 1.54) is 0 Å². The standard InChI is InChI=1S/C35H43N3O10/c39-30-11-13-34(42)38(26-30)48-35(43)15-17-44-19-21-46-23-24-47-22-20-45-18-16-36-32(40)12-14-33(41)37-25-29-7-2-1-5-27(29)9-10-28-6-3-4-8-31(28)37/h1-10H,11-26H2,(H,36,40)/b10-9-. The maximum Gasteiger partial charge on any atom is 0.334 e. The summed E-state index contributed by atoms with van der Waals surface area (Å²) < 4.78 is 21.7. The summed E-state index contributed by atoms with van der Waals surface area (Å²) in [7, 11) is 0. The molecule has 2 aliphatic rings. The minimum Gasteiger partial charge on any atom is -0.378 e. The molecule has 2 heterocycles. The normalized spacial score (nSPS) is 14.8. The van der Waals surface area contributed by atoms with Crippen LogP contribution in [0.5, 0.6) is 0 Å². The first-order valence-electron chi connectivity index (χ1n) is 16.2. The average Bonchev–Trinajstić information content (AvgIpc) is 3.08. The molecule has 13 heteroatoms. The summed E-state index contributed by atoms with van der Waals surface area (Å²) in [4.78, 5) is 67.2. The largest absolute Gasteiger partial charge is 0.378 e. The average molecular weight is 666 g/mol. The minimum absolute atomic E-state index is 0.0488. The Bertz CT molecular complexity index is 1430. The molecule has 2 aromatic rings. The van der Waals surface area contributed by atoms with Crippen LogP contribution in [0.1, 0.15) is 48.8 Å². The van der Waals surface area contributed by atoms with Crippen LogP contribution in [0.2, 0.25) is 0 Å². The van der Waals surface area contributed by atoms with Crippen LogP contribution < -0.4 is 10.2 Å². The first-order valence-corrected chi connectivity index (χ1v) is 16.2. The van der Waals surface area contributed by atoms with E-state index < -0.39 is 5.97 Å². The van der Waals surface area contributed by atoms with Gasteiger partial charge in [-0.1, -0.05) is 54.6 Å². The molecule has 13 nitrogen and oxygen atoms in total. The molecule has 48 heavy (non-hydrogen) atoms. The number of ketones is 1. The van der Waals surface area contributed by atoms with E-state index in [9.17, 15) is 24.0 Å². The fourth-order valence-electron chi connectivity index (χ4n) is 4.95. The van der Waals surface area contributed by atoms with Crippen molar-refractivity contribution < 1.29 is 47.8 Å². The SMILES string of the molecule is O=C1CCC(=O)N(OC(=O)CCOCCOCCOCCOCCNC(=O)CCC(=O)N2Cc3ccccc3/C=C\c3ccccc32)C1. The maximum absolute atomic E-state index is 13.3. The number of piperidine rings is 1. The number of amides is 3. The Morgan fingerprint density at radius 3 is 2.04 bits per heavy atom. The lowest BCUT2D eigenvalue weighted by molar-refractivity contribution is -0.202. The van der Waals surface area contributed by atoms with Gasteiger partial charge in [0.1, 0.15) is 6.54 Å². The number of para-hydroxylation sites is 1. The summed E-state index contributed by atoms with van der Waals surface area (Å²) >= 11 is 0. The summed E-state index contributed by atoms with van der Waals surface area (Å²) in [6, 6.07) is 15.7. The van der Waals surface area contributed by atoms with Crippen molar-refractivity contribution in [1.29, 1.82) is 0 Å². The molecule has 1 fully saturated rings. The molecule has 0 aliphatic carbocycles. The number of benzene rings is 2. The zero-order chi connectivity index (χ0) is 34.0. The smallest absolute Gasteiger partial charge is 0.334 e. The van der Waals surface area contributed by atoms with E-state index >= 15 is 0 Å². The van der Waals surface area contributed by atoms with Crippen molar-refractivity contribution in [2.75, 3.05) is 70.8 Å². The molecule has 2 aromatic carbocycles.